The Labute approximate surface area is 292 Å². The molecular weight excluding hydrogens is 700 g/mol. The van der Waals surface area contributed by atoms with Crippen LogP contribution in [0.15, 0.2) is 47.5 Å². The van der Waals surface area contributed by atoms with Crippen molar-refractivity contribution in [2.75, 3.05) is 13.2 Å². The third-order valence-corrected chi connectivity index (χ3v) is 12.4. The van der Waals surface area contributed by atoms with Gasteiger partial charge in [0.25, 0.3) is 0 Å². The van der Waals surface area contributed by atoms with Crippen molar-refractivity contribution in [3.8, 4) is 5.75 Å². The Morgan fingerprint density at radius 3 is 2.58 bits per heavy atom. The molecule has 1 saturated heterocycles. The molecule has 5 atom stereocenters. The standard InChI is InChI=1S/C36H47BrN2O8S/c1-5-24-20-36(24,34(43)38-48(44,45)27-14-15-27)21-30(40)29-18-26-22-39(29)33(42)28(35(2,3)4)19-32(41)46-16-10-8-6-7-9-11-23-12-13-25(37)17-31(23)47-26/h5,7,9,12-13,17,24,26-29H,1,6,8,10-11,14-16,18-22H2,2-4H3,(H,38,43)/t24-,26-,28-,29+,36-/m1/s1. The molecule has 0 radical (unpaired) electrons. The molecule has 0 spiro atoms. The number of ether oxygens (including phenoxy) is 2. The van der Waals surface area contributed by atoms with E-state index in [1.54, 1.807) is 6.08 Å². The van der Waals surface area contributed by atoms with Gasteiger partial charge in [0.1, 0.15) is 11.9 Å². The van der Waals surface area contributed by atoms with Gasteiger partial charge in [0.2, 0.25) is 21.8 Å². The Bertz CT molecular complexity index is 1580. The van der Waals surface area contributed by atoms with E-state index in [0.717, 1.165) is 22.9 Å². The first-order chi connectivity index (χ1) is 22.6. The number of rotatable bonds is 7. The average molecular weight is 748 g/mol. The first-order valence-corrected chi connectivity index (χ1v) is 19.3. The fraction of sp³-hybridized carbons (Fsp3) is 0.611. The van der Waals surface area contributed by atoms with Gasteiger partial charge in [-0.1, -0.05) is 61.0 Å². The van der Waals surface area contributed by atoms with Crippen molar-refractivity contribution in [1.82, 2.24) is 9.62 Å². The van der Waals surface area contributed by atoms with E-state index in [0.29, 0.717) is 37.9 Å². The van der Waals surface area contributed by atoms with E-state index >= 15 is 0 Å². The van der Waals surface area contributed by atoms with Gasteiger partial charge in [-0.3, -0.25) is 23.9 Å². The summed E-state index contributed by atoms with van der Waals surface area (Å²) in [6.07, 6.45) is 9.35. The number of sulfonamides is 1. The minimum atomic E-state index is -3.82. The predicted molar refractivity (Wildman–Crippen MR) is 184 cm³/mol. The van der Waals surface area contributed by atoms with Crippen LogP contribution in [0.3, 0.4) is 0 Å². The van der Waals surface area contributed by atoms with E-state index in [4.69, 9.17) is 9.47 Å². The number of nitrogens with one attached hydrogen (secondary N) is 1. The van der Waals surface area contributed by atoms with Crippen LogP contribution in [-0.2, 0) is 40.4 Å². The Kier molecular flexibility index (Phi) is 10.9. The van der Waals surface area contributed by atoms with Gasteiger partial charge < -0.3 is 14.4 Å². The number of hydrogen-bond acceptors (Lipinski definition) is 8. The SMILES string of the molecule is C=C[C@@H]1C[C@]1(CC(=O)[C@@H]1C[C@@H]2CN1C(=O)[C@H](C(C)(C)C)CC(=O)OCCCCC=CCc1ccc(Br)cc1O2)C(=O)NS(=O)(=O)C1CC1. The van der Waals surface area contributed by atoms with E-state index in [-0.39, 0.29) is 50.0 Å². The summed E-state index contributed by atoms with van der Waals surface area (Å²) in [7, 11) is -3.82. The van der Waals surface area contributed by atoms with Crippen molar-refractivity contribution in [2.24, 2.45) is 22.7 Å². The highest BCUT2D eigenvalue weighted by molar-refractivity contribution is 9.10. The number of nitrogens with zero attached hydrogens (tertiary/aromatic N) is 1. The molecule has 2 amide bonds. The molecule has 2 aliphatic carbocycles. The summed E-state index contributed by atoms with van der Waals surface area (Å²) in [5.41, 5.74) is -0.921. The Morgan fingerprint density at radius 2 is 1.92 bits per heavy atom. The molecule has 2 saturated carbocycles. The largest absolute Gasteiger partial charge is 0.488 e. The zero-order chi connectivity index (χ0) is 34.9. The van der Waals surface area contributed by atoms with Gasteiger partial charge in [0.05, 0.1) is 42.2 Å². The van der Waals surface area contributed by atoms with Gasteiger partial charge in [-0.25, -0.2) is 8.42 Å². The second-order valence-corrected chi connectivity index (χ2v) is 17.6. The van der Waals surface area contributed by atoms with Crippen molar-refractivity contribution in [2.45, 2.75) is 102 Å². The Hall–Kier alpha value is -2.99. The lowest BCUT2D eigenvalue weighted by molar-refractivity contribution is -0.153. The normalized spacial score (nSPS) is 28.7. The van der Waals surface area contributed by atoms with Crippen molar-refractivity contribution in [1.29, 1.82) is 0 Å². The topological polar surface area (TPSA) is 136 Å². The number of cyclic esters (lactones) is 1. The Balaban J connectivity index is 1.46. The molecule has 262 valence electrons. The fourth-order valence-corrected chi connectivity index (χ4v) is 8.52. The van der Waals surface area contributed by atoms with Crippen molar-refractivity contribution in [3.63, 3.8) is 0 Å². The lowest BCUT2D eigenvalue weighted by atomic mass is 9.77. The van der Waals surface area contributed by atoms with Crippen LogP contribution >= 0.6 is 15.9 Å². The number of fused-ring (bicyclic) bond motifs is 3. The summed E-state index contributed by atoms with van der Waals surface area (Å²) in [6, 6.07) is 4.88. The molecule has 0 aromatic heterocycles. The lowest BCUT2D eigenvalue weighted by Gasteiger charge is -2.34. The monoisotopic (exact) mass is 746 g/mol. The molecule has 2 heterocycles. The van der Waals surface area contributed by atoms with Crippen LogP contribution in [0.25, 0.3) is 0 Å². The zero-order valence-electron chi connectivity index (χ0n) is 28.0. The van der Waals surface area contributed by atoms with E-state index < -0.39 is 56.0 Å². The summed E-state index contributed by atoms with van der Waals surface area (Å²) in [5, 5.41) is -0.589. The lowest BCUT2D eigenvalue weighted by Crippen LogP contribution is -2.48. The third kappa shape index (κ3) is 8.41. The quantitative estimate of drug-likeness (QED) is 0.288. The number of allylic oxidation sites excluding steroid dienone is 3. The number of hydrogen-bond donors (Lipinski definition) is 1. The van der Waals surface area contributed by atoms with Crippen LogP contribution in [-0.4, -0.2) is 67.4 Å². The second kappa shape index (κ2) is 14.5. The molecule has 1 aromatic rings. The number of ketones is 1. The van der Waals surface area contributed by atoms with Crippen LogP contribution < -0.4 is 9.46 Å². The van der Waals surface area contributed by atoms with Gasteiger partial charge in [-0.05, 0) is 74.0 Å². The molecule has 10 nitrogen and oxygen atoms in total. The van der Waals surface area contributed by atoms with E-state index in [2.05, 4.69) is 39.4 Å². The molecule has 0 unspecified atom stereocenters. The van der Waals surface area contributed by atoms with E-state index in [1.165, 1.54) is 4.90 Å². The zero-order valence-corrected chi connectivity index (χ0v) is 30.4. The third-order valence-electron chi connectivity index (χ3n) is 10.0. The van der Waals surface area contributed by atoms with Gasteiger partial charge in [0, 0.05) is 17.3 Å². The summed E-state index contributed by atoms with van der Waals surface area (Å²) in [6.45, 7) is 9.84. The van der Waals surface area contributed by atoms with Crippen LogP contribution in [0.2, 0.25) is 0 Å². The van der Waals surface area contributed by atoms with Crippen LogP contribution in [0.1, 0.15) is 84.1 Å². The van der Waals surface area contributed by atoms with Crippen LogP contribution in [0.4, 0.5) is 0 Å². The fourth-order valence-electron chi connectivity index (χ4n) is 6.79. The highest BCUT2D eigenvalue weighted by Crippen LogP contribution is 2.57. The van der Waals surface area contributed by atoms with Crippen LogP contribution in [0, 0.1) is 22.7 Å². The highest BCUT2D eigenvalue weighted by Gasteiger charge is 2.61. The number of carbonyl (C=O) groups excluding carboxylic acids is 4. The maximum absolute atomic E-state index is 14.4. The number of amides is 2. The van der Waals surface area contributed by atoms with Gasteiger partial charge in [-0.15, -0.1) is 6.58 Å². The summed E-state index contributed by atoms with van der Waals surface area (Å²) < 4.78 is 40.4. The maximum atomic E-state index is 14.4. The molecule has 4 aliphatic rings. The van der Waals surface area contributed by atoms with E-state index in [9.17, 15) is 27.6 Å². The van der Waals surface area contributed by atoms with E-state index in [1.807, 2.05) is 39.0 Å². The minimum Gasteiger partial charge on any atom is -0.488 e. The maximum Gasteiger partial charge on any atom is 0.306 e. The van der Waals surface area contributed by atoms with Gasteiger partial charge in [0.15, 0.2) is 5.78 Å². The molecule has 12 heteroatoms. The summed E-state index contributed by atoms with van der Waals surface area (Å²) in [5.74, 6) is -2.37. The highest BCUT2D eigenvalue weighted by atomic mass is 79.9. The smallest absolute Gasteiger partial charge is 0.306 e. The Morgan fingerprint density at radius 1 is 1.17 bits per heavy atom. The van der Waals surface area contributed by atoms with Gasteiger partial charge >= 0.3 is 5.97 Å². The molecule has 1 N–H and O–H groups in total. The second-order valence-electron chi connectivity index (χ2n) is 14.8. The molecule has 1 aromatic carbocycles. The average Bonchev–Trinajstić information content (AvgIpc) is 3.94. The molecule has 2 aliphatic heterocycles. The molecule has 2 bridgehead atoms. The minimum absolute atomic E-state index is 0.110. The number of carbonyl (C=O) groups is 4. The summed E-state index contributed by atoms with van der Waals surface area (Å²) >= 11 is 3.54. The molecule has 5 rings (SSSR count). The predicted octanol–water partition coefficient (Wildman–Crippen LogP) is 5.44. The number of benzene rings is 1. The first-order valence-electron chi connectivity index (χ1n) is 16.9. The van der Waals surface area contributed by atoms with Gasteiger partial charge in [-0.2, -0.15) is 0 Å². The molecule has 48 heavy (non-hydrogen) atoms. The first kappa shape index (κ1) is 36.3. The number of Topliss-reactive ketones (excluding diaryl/α,β-unsaturated/α-hetero) is 1. The van der Waals surface area contributed by atoms with Crippen LogP contribution in [0.5, 0.6) is 5.75 Å². The molecule has 3 fully saturated rings. The van der Waals surface area contributed by atoms with Crippen molar-refractivity contribution < 1.29 is 37.1 Å². The number of halogens is 1. The van der Waals surface area contributed by atoms with Crippen molar-refractivity contribution in [3.05, 3.63) is 53.0 Å². The van der Waals surface area contributed by atoms with Crippen molar-refractivity contribution >= 4 is 49.5 Å². The summed E-state index contributed by atoms with van der Waals surface area (Å²) in [4.78, 5) is 56.6. The number of esters is 1. The molecular formula is C36H47BrN2O8S.